The van der Waals surface area contributed by atoms with Crippen LogP contribution in [0, 0.1) is 5.92 Å². The number of hydrogen-bond donors (Lipinski definition) is 0. The molecule has 1 saturated heterocycles. The summed E-state index contributed by atoms with van der Waals surface area (Å²) < 4.78 is 5.17. The van der Waals surface area contributed by atoms with E-state index in [1.54, 1.807) is 7.11 Å². The Balaban J connectivity index is 1.96. The minimum absolute atomic E-state index is 0.235. The SMILES string of the molecule is COCCN(C(=O)N1CCCCCC1)C(C)C1CC1. The van der Waals surface area contributed by atoms with Crippen LogP contribution in [-0.4, -0.2) is 55.2 Å². The molecule has 1 aliphatic carbocycles. The third-order valence-corrected chi connectivity index (χ3v) is 4.45. The first kappa shape index (κ1) is 14.6. The number of methoxy groups -OCH3 is 1. The Morgan fingerprint density at radius 3 is 2.42 bits per heavy atom. The molecule has 19 heavy (non-hydrogen) atoms. The summed E-state index contributed by atoms with van der Waals surface area (Å²) in [6, 6.07) is 0.601. The molecule has 4 nitrogen and oxygen atoms in total. The molecule has 4 heteroatoms. The van der Waals surface area contributed by atoms with E-state index in [4.69, 9.17) is 4.74 Å². The minimum atomic E-state index is 0.235. The van der Waals surface area contributed by atoms with E-state index in [0.29, 0.717) is 18.6 Å². The van der Waals surface area contributed by atoms with Crippen molar-refractivity contribution >= 4 is 6.03 Å². The zero-order chi connectivity index (χ0) is 13.7. The Labute approximate surface area is 117 Å². The normalized spacial score (nSPS) is 21.9. The lowest BCUT2D eigenvalue weighted by molar-refractivity contribution is 0.104. The maximum atomic E-state index is 12.7. The van der Waals surface area contributed by atoms with Gasteiger partial charge in [0.25, 0.3) is 0 Å². The van der Waals surface area contributed by atoms with Gasteiger partial charge in [0, 0.05) is 32.8 Å². The molecule has 2 rings (SSSR count). The van der Waals surface area contributed by atoms with Gasteiger partial charge in [-0.25, -0.2) is 4.79 Å². The van der Waals surface area contributed by atoms with Crippen molar-refractivity contribution < 1.29 is 9.53 Å². The summed E-state index contributed by atoms with van der Waals surface area (Å²) in [6.45, 7) is 5.42. The molecule has 0 aromatic carbocycles. The van der Waals surface area contributed by atoms with Crippen LogP contribution in [0.25, 0.3) is 0 Å². The van der Waals surface area contributed by atoms with Crippen LogP contribution in [0.15, 0.2) is 0 Å². The fourth-order valence-corrected chi connectivity index (χ4v) is 2.94. The average Bonchev–Trinajstić information content (AvgIpc) is 3.25. The zero-order valence-electron chi connectivity index (χ0n) is 12.4. The van der Waals surface area contributed by atoms with Crippen molar-refractivity contribution in [3.63, 3.8) is 0 Å². The fraction of sp³-hybridized carbons (Fsp3) is 0.933. The molecule has 0 N–H and O–H groups in total. The van der Waals surface area contributed by atoms with Gasteiger partial charge in [0.15, 0.2) is 0 Å². The summed E-state index contributed by atoms with van der Waals surface area (Å²) in [6.07, 6.45) is 7.39. The standard InChI is InChI=1S/C15H28N2O2/c1-13(14-7-8-14)17(11-12-19-2)15(18)16-9-5-3-4-6-10-16/h13-14H,3-12H2,1-2H3. The van der Waals surface area contributed by atoms with Crippen molar-refractivity contribution in [1.29, 1.82) is 0 Å². The first-order valence-corrected chi connectivity index (χ1v) is 7.78. The average molecular weight is 268 g/mol. The topological polar surface area (TPSA) is 32.8 Å². The van der Waals surface area contributed by atoms with Gasteiger partial charge >= 0.3 is 6.03 Å². The number of hydrogen-bond acceptors (Lipinski definition) is 2. The van der Waals surface area contributed by atoms with Crippen LogP contribution in [0.3, 0.4) is 0 Å². The molecule has 1 aliphatic heterocycles. The molecule has 1 heterocycles. The van der Waals surface area contributed by atoms with E-state index < -0.39 is 0 Å². The third-order valence-electron chi connectivity index (χ3n) is 4.45. The molecule has 0 radical (unpaired) electrons. The first-order chi connectivity index (χ1) is 9.24. The van der Waals surface area contributed by atoms with Gasteiger partial charge in [-0.1, -0.05) is 12.8 Å². The van der Waals surface area contributed by atoms with Crippen molar-refractivity contribution in [1.82, 2.24) is 9.80 Å². The summed E-state index contributed by atoms with van der Waals surface area (Å²) in [4.78, 5) is 16.8. The lowest BCUT2D eigenvalue weighted by Gasteiger charge is -2.34. The van der Waals surface area contributed by atoms with Gasteiger partial charge in [-0.05, 0) is 38.5 Å². The maximum Gasteiger partial charge on any atom is 0.320 e. The molecule has 110 valence electrons. The van der Waals surface area contributed by atoms with Crippen molar-refractivity contribution in [2.45, 2.75) is 51.5 Å². The van der Waals surface area contributed by atoms with Gasteiger partial charge in [-0.15, -0.1) is 0 Å². The van der Waals surface area contributed by atoms with Crippen LogP contribution >= 0.6 is 0 Å². The summed E-state index contributed by atoms with van der Waals surface area (Å²) in [5.41, 5.74) is 0. The summed E-state index contributed by atoms with van der Waals surface area (Å²) in [7, 11) is 1.70. The molecule has 1 saturated carbocycles. The van der Waals surface area contributed by atoms with Gasteiger partial charge < -0.3 is 14.5 Å². The summed E-state index contributed by atoms with van der Waals surface area (Å²) in [5, 5.41) is 0. The molecule has 0 aromatic rings. The Hall–Kier alpha value is -0.770. The van der Waals surface area contributed by atoms with Crippen molar-refractivity contribution in [2.24, 2.45) is 5.92 Å². The van der Waals surface area contributed by atoms with Gasteiger partial charge in [0.05, 0.1) is 6.61 Å². The summed E-state index contributed by atoms with van der Waals surface area (Å²) >= 11 is 0. The molecule has 0 aromatic heterocycles. The van der Waals surface area contributed by atoms with E-state index in [9.17, 15) is 4.79 Å². The highest BCUT2D eigenvalue weighted by molar-refractivity contribution is 5.75. The lowest BCUT2D eigenvalue weighted by Crippen LogP contribution is -2.49. The minimum Gasteiger partial charge on any atom is -0.383 e. The second-order valence-electron chi connectivity index (χ2n) is 5.95. The fourth-order valence-electron chi connectivity index (χ4n) is 2.94. The maximum absolute atomic E-state index is 12.7. The van der Waals surface area contributed by atoms with Crippen LogP contribution in [0.4, 0.5) is 4.79 Å². The van der Waals surface area contributed by atoms with Crippen LogP contribution < -0.4 is 0 Å². The van der Waals surface area contributed by atoms with E-state index in [-0.39, 0.29) is 6.03 Å². The van der Waals surface area contributed by atoms with Crippen molar-refractivity contribution in [2.75, 3.05) is 33.4 Å². The Morgan fingerprint density at radius 2 is 1.89 bits per heavy atom. The molecule has 2 fully saturated rings. The number of carbonyl (C=O) groups excluding carboxylic acids is 1. The smallest absolute Gasteiger partial charge is 0.320 e. The molecular formula is C15H28N2O2. The van der Waals surface area contributed by atoms with Gasteiger partial charge in [-0.3, -0.25) is 0 Å². The highest BCUT2D eigenvalue weighted by Crippen LogP contribution is 2.35. The van der Waals surface area contributed by atoms with Gasteiger partial charge in [0.2, 0.25) is 0 Å². The number of rotatable bonds is 5. The van der Waals surface area contributed by atoms with E-state index in [1.165, 1.54) is 25.7 Å². The first-order valence-electron chi connectivity index (χ1n) is 7.78. The second-order valence-corrected chi connectivity index (χ2v) is 5.95. The molecule has 1 unspecified atom stereocenters. The lowest BCUT2D eigenvalue weighted by atomic mass is 10.2. The highest BCUT2D eigenvalue weighted by Gasteiger charge is 2.35. The zero-order valence-corrected chi connectivity index (χ0v) is 12.4. The number of amides is 2. The molecule has 2 aliphatic rings. The Morgan fingerprint density at radius 1 is 1.26 bits per heavy atom. The van der Waals surface area contributed by atoms with Crippen LogP contribution in [-0.2, 0) is 4.74 Å². The number of urea groups is 1. The highest BCUT2D eigenvalue weighted by atomic mass is 16.5. The van der Waals surface area contributed by atoms with E-state index >= 15 is 0 Å². The Bertz CT molecular complexity index is 284. The van der Waals surface area contributed by atoms with E-state index in [0.717, 1.165) is 32.5 Å². The van der Waals surface area contributed by atoms with Gasteiger partial charge in [0.1, 0.15) is 0 Å². The summed E-state index contributed by atoms with van der Waals surface area (Å²) in [5.74, 6) is 0.716. The van der Waals surface area contributed by atoms with Gasteiger partial charge in [-0.2, -0.15) is 0 Å². The van der Waals surface area contributed by atoms with Crippen LogP contribution in [0.5, 0.6) is 0 Å². The molecule has 2 amide bonds. The monoisotopic (exact) mass is 268 g/mol. The second kappa shape index (κ2) is 7.13. The van der Waals surface area contributed by atoms with Crippen LogP contribution in [0.1, 0.15) is 45.4 Å². The van der Waals surface area contributed by atoms with E-state index in [2.05, 4.69) is 11.8 Å². The Kier molecular flexibility index (Phi) is 5.49. The molecule has 0 spiro atoms. The van der Waals surface area contributed by atoms with Crippen molar-refractivity contribution in [3.8, 4) is 0 Å². The third kappa shape index (κ3) is 4.10. The number of carbonyl (C=O) groups is 1. The molecule has 1 atom stereocenters. The van der Waals surface area contributed by atoms with E-state index in [1.807, 2.05) is 4.90 Å². The molecule has 0 bridgehead atoms. The van der Waals surface area contributed by atoms with Crippen LogP contribution in [0.2, 0.25) is 0 Å². The number of ether oxygens (including phenoxy) is 1. The predicted octanol–water partition coefficient (Wildman–Crippen LogP) is 2.73. The largest absolute Gasteiger partial charge is 0.383 e. The number of nitrogens with zero attached hydrogens (tertiary/aromatic N) is 2. The number of likely N-dealkylation sites (tertiary alicyclic amines) is 1. The quantitative estimate of drug-likeness (QED) is 0.768. The molecular weight excluding hydrogens is 240 g/mol. The predicted molar refractivity (Wildman–Crippen MR) is 76.2 cm³/mol. The van der Waals surface area contributed by atoms with Crippen molar-refractivity contribution in [3.05, 3.63) is 0 Å².